The Bertz CT molecular complexity index is 848. The molecule has 124 valence electrons. The predicted molar refractivity (Wildman–Crippen MR) is 84.4 cm³/mol. The van der Waals surface area contributed by atoms with Crippen molar-refractivity contribution < 1.29 is 23.1 Å². The largest absolute Gasteiger partial charge is 0.497 e. The maximum atomic E-state index is 13.9. The van der Waals surface area contributed by atoms with Crippen LogP contribution < -0.4 is 4.74 Å². The van der Waals surface area contributed by atoms with Crippen molar-refractivity contribution in [1.82, 2.24) is 10.2 Å². The minimum absolute atomic E-state index is 0.140. The Balaban J connectivity index is 1.72. The molecular weight excluding hydrogens is 335 g/mol. The van der Waals surface area contributed by atoms with Gasteiger partial charge in [-0.25, -0.2) is 9.18 Å². The van der Waals surface area contributed by atoms with E-state index in [-0.39, 0.29) is 11.5 Å². The number of benzene rings is 1. The van der Waals surface area contributed by atoms with Crippen LogP contribution in [0.2, 0.25) is 0 Å². The summed E-state index contributed by atoms with van der Waals surface area (Å²) in [4.78, 5) is 12.9. The highest BCUT2D eigenvalue weighted by molar-refractivity contribution is 7.13. The number of ether oxygens (including phenoxy) is 2. The van der Waals surface area contributed by atoms with Gasteiger partial charge in [0.05, 0.1) is 17.6 Å². The zero-order valence-corrected chi connectivity index (χ0v) is 13.7. The number of carbonyl (C=O) groups excluding carboxylic acids is 1. The van der Waals surface area contributed by atoms with Gasteiger partial charge in [0.1, 0.15) is 11.6 Å². The minimum Gasteiger partial charge on any atom is -0.497 e. The molecule has 0 aliphatic rings. The Morgan fingerprint density at radius 1 is 1.33 bits per heavy atom. The maximum absolute atomic E-state index is 13.9. The van der Waals surface area contributed by atoms with E-state index in [1.165, 1.54) is 30.6 Å². The molecule has 0 aliphatic carbocycles. The standard InChI is InChI=1S/C16H13FN2O4S/c1-9(14-18-19-15(23-14)13-4-3-7-24-13)22-16(20)11-6-5-10(21-2)8-12(11)17/h3-9H,1-2H3/t9-/m0/s1. The lowest BCUT2D eigenvalue weighted by Gasteiger charge is -2.10. The number of nitrogens with zero attached hydrogens (tertiary/aromatic N) is 2. The van der Waals surface area contributed by atoms with E-state index < -0.39 is 17.9 Å². The summed E-state index contributed by atoms with van der Waals surface area (Å²) in [6, 6.07) is 7.59. The summed E-state index contributed by atoms with van der Waals surface area (Å²) in [6.07, 6.45) is -0.805. The number of rotatable bonds is 5. The van der Waals surface area contributed by atoms with Crippen molar-refractivity contribution in [2.24, 2.45) is 0 Å². The molecule has 0 unspecified atom stereocenters. The first-order valence-corrected chi connectivity index (χ1v) is 7.88. The monoisotopic (exact) mass is 348 g/mol. The van der Waals surface area contributed by atoms with E-state index in [4.69, 9.17) is 13.9 Å². The summed E-state index contributed by atoms with van der Waals surface area (Å²) in [7, 11) is 1.41. The van der Waals surface area contributed by atoms with Gasteiger partial charge in [-0.15, -0.1) is 21.5 Å². The van der Waals surface area contributed by atoms with Gasteiger partial charge in [-0.1, -0.05) is 6.07 Å². The third-order valence-corrected chi connectivity index (χ3v) is 4.06. The van der Waals surface area contributed by atoms with E-state index in [0.29, 0.717) is 11.6 Å². The molecule has 0 saturated heterocycles. The van der Waals surface area contributed by atoms with Crippen LogP contribution in [0.1, 0.15) is 29.3 Å². The van der Waals surface area contributed by atoms with Crippen molar-refractivity contribution >= 4 is 17.3 Å². The predicted octanol–water partition coefficient (Wildman–Crippen LogP) is 3.86. The highest BCUT2D eigenvalue weighted by atomic mass is 32.1. The second-order valence-corrected chi connectivity index (χ2v) is 5.76. The van der Waals surface area contributed by atoms with Crippen LogP contribution in [-0.2, 0) is 4.74 Å². The van der Waals surface area contributed by atoms with Crippen molar-refractivity contribution in [3.8, 4) is 16.5 Å². The Hall–Kier alpha value is -2.74. The molecule has 2 heterocycles. The van der Waals surface area contributed by atoms with Crippen LogP contribution in [0, 0.1) is 5.82 Å². The van der Waals surface area contributed by atoms with Crippen molar-refractivity contribution in [1.29, 1.82) is 0 Å². The number of aromatic nitrogens is 2. The van der Waals surface area contributed by atoms with E-state index in [0.717, 1.165) is 10.9 Å². The van der Waals surface area contributed by atoms with E-state index in [2.05, 4.69) is 10.2 Å². The Labute approximate surface area is 140 Å². The Morgan fingerprint density at radius 3 is 2.83 bits per heavy atom. The number of hydrogen-bond acceptors (Lipinski definition) is 7. The second-order valence-electron chi connectivity index (χ2n) is 4.82. The molecule has 3 rings (SSSR count). The molecule has 0 fully saturated rings. The van der Waals surface area contributed by atoms with Crippen molar-refractivity contribution in [2.45, 2.75) is 13.0 Å². The number of thiophene rings is 1. The summed E-state index contributed by atoms with van der Waals surface area (Å²) >= 11 is 1.45. The molecule has 0 amide bonds. The average molecular weight is 348 g/mol. The van der Waals surface area contributed by atoms with Crippen LogP contribution in [0.4, 0.5) is 4.39 Å². The summed E-state index contributed by atoms with van der Waals surface area (Å²) in [6.45, 7) is 1.57. The lowest BCUT2D eigenvalue weighted by Crippen LogP contribution is -2.11. The topological polar surface area (TPSA) is 74.5 Å². The zero-order chi connectivity index (χ0) is 17.1. The van der Waals surface area contributed by atoms with Gasteiger partial charge in [0.15, 0.2) is 6.10 Å². The molecule has 0 aliphatic heterocycles. The number of hydrogen-bond donors (Lipinski definition) is 0. The molecule has 1 atom stereocenters. The summed E-state index contributed by atoms with van der Waals surface area (Å²) < 4.78 is 29.5. The number of methoxy groups -OCH3 is 1. The first-order valence-electron chi connectivity index (χ1n) is 7.00. The molecule has 2 aromatic heterocycles. The quantitative estimate of drug-likeness (QED) is 0.652. The first-order chi connectivity index (χ1) is 11.6. The Morgan fingerprint density at radius 2 is 2.17 bits per heavy atom. The van der Waals surface area contributed by atoms with Crippen LogP contribution in [0.5, 0.6) is 5.75 Å². The van der Waals surface area contributed by atoms with E-state index in [9.17, 15) is 9.18 Å². The third kappa shape index (κ3) is 3.28. The molecule has 0 radical (unpaired) electrons. The van der Waals surface area contributed by atoms with Gasteiger partial charge < -0.3 is 13.9 Å². The lowest BCUT2D eigenvalue weighted by molar-refractivity contribution is 0.0274. The molecule has 8 heteroatoms. The minimum atomic E-state index is -0.821. The third-order valence-electron chi connectivity index (χ3n) is 3.20. The molecule has 24 heavy (non-hydrogen) atoms. The van der Waals surface area contributed by atoms with E-state index in [1.54, 1.807) is 6.92 Å². The number of esters is 1. The summed E-state index contributed by atoms with van der Waals surface area (Å²) in [5.74, 6) is -0.747. The highest BCUT2D eigenvalue weighted by Crippen LogP contribution is 2.26. The Kier molecular flexibility index (Phi) is 4.57. The van der Waals surface area contributed by atoms with Crippen LogP contribution in [-0.4, -0.2) is 23.3 Å². The molecule has 6 nitrogen and oxygen atoms in total. The van der Waals surface area contributed by atoms with Gasteiger partial charge in [0, 0.05) is 6.07 Å². The summed E-state index contributed by atoms with van der Waals surface area (Å²) in [5, 5.41) is 9.66. The molecule has 0 spiro atoms. The number of carbonyl (C=O) groups is 1. The fraction of sp³-hybridized carbons (Fsp3) is 0.188. The second kappa shape index (κ2) is 6.79. The van der Waals surface area contributed by atoms with Gasteiger partial charge in [0.2, 0.25) is 0 Å². The van der Waals surface area contributed by atoms with Gasteiger partial charge in [-0.3, -0.25) is 0 Å². The van der Waals surface area contributed by atoms with Crippen LogP contribution in [0.3, 0.4) is 0 Å². The van der Waals surface area contributed by atoms with Gasteiger partial charge in [-0.2, -0.15) is 0 Å². The SMILES string of the molecule is COc1ccc(C(=O)O[C@@H](C)c2nnc(-c3cccs3)o2)c(F)c1. The molecule has 0 saturated carbocycles. The van der Waals surface area contributed by atoms with Crippen LogP contribution >= 0.6 is 11.3 Å². The van der Waals surface area contributed by atoms with Crippen molar-refractivity contribution in [2.75, 3.05) is 7.11 Å². The highest BCUT2D eigenvalue weighted by Gasteiger charge is 2.22. The van der Waals surface area contributed by atoms with E-state index in [1.807, 2.05) is 17.5 Å². The first kappa shape index (κ1) is 16.1. The molecule has 0 bridgehead atoms. The lowest BCUT2D eigenvalue weighted by atomic mass is 10.2. The van der Waals surface area contributed by atoms with Gasteiger partial charge >= 0.3 is 5.97 Å². The normalized spacial score (nSPS) is 12.0. The van der Waals surface area contributed by atoms with Crippen LogP contribution in [0.25, 0.3) is 10.8 Å². The molecule has 1 aromatic carbocycles. The van der Waals surface area contributed by atoms with Gasteiger partial charge in [-0.05, 0) is 30.5 Å². The molecule has 3 aromatic rings. The number of halogens is 1. The fourth-order valence-corrected chi connectivity index (χ4v) is 2.61. The van der Waals surface area contributed by atoms with Gasteiger partial charge in [0.25, 0.3) is 11.8 Å². The fourth-order valence-electron chi connectivity index (χ4n) is 1.96. The molecular formula is C16H13FN2O4S. The summed E-state index contributed by atoms with van der Waals surface area (Å²) in [5.41, 5.74) is -0.194. The van der Waals surface area contributed by atoms with E-state index >= 15 is 0 Å². The van der Waals surface area contributed by atoms with Crippen LogP contribution in [0.15, 0.2) is 40.1 Å². The molecule has 0 N–H and O–H groups in total. The smallest absolute Gasteiger partial charge is 0.341 e. The van der Waals surface area contributed by atoms with Crippen molar-refractivity contribution in [3.63, 3.8) is 0 Å². The zero-order valence-electron chi connectivity index (χ0n) is 12.9. The maximum Gasteiger partial charge on any atom is 0.341 e. The average Bonchev–Trinajstić information content (AvgIpc) is 3.25. The van der Waals surface area contributed by atoms with Crippen molar-refractivity contribution in [3.05, 3.63) is 53.0 Å².